The Labute approximate surface area is 138 Å². The molecule has 0 saturated carbocycles. The molecule has 2 heteroatoms. The maximum atomic E-state index is 6.03. The van der Waals surface area contributed by atoms with Gasteiger partial charge in [-0.3, -0.25) is 0 Å². The van der Waals surface area contributed by atoms with Crippen molar-refractivity contribution in [2.45, 2.75) is 69.4 Å². The number of benzene rings is 1. The third-order valence-electron chi connectivity index (χ3n) is 3.67. The fourth-order valence-electron chi connectivity index (χ4n) is 2.40. The fourth-order valence-corrected chi connectivity index (χ4v) is 2.96. The highest BCUT2D eigenvalue weighted by Gasteiger charge is 2.12. The minimum absolute atomic E-state index is 0.0277. The van der Waals surface area contributed by atoms with E-state index in [9.17, 15) is 0 Å². The van der Waals surface area contributed by atoms with E-state index in [1.54, 1.807) is 0 Å². The van der Waals surface area contributed by atoms with Crippen molar-refractivity contribution in [2.24, 2.45) is 0 Å². The summed E-state index contributed by atoms with van der Waals surface area (Å²) in [6.45, 7) is 6.14. The lowest BCUT2D eigenvalue weighted by atomic mass is 10.1. The molecule has 0 aromatic heterocycles. The zero-order valence-electron chi connectivity index (χ0n) is 13.3. The Balaban J connectivity index is 2.17. The van der Waals surface area contributed by atoms with E-state index in [0.29, 0.717) is 0 Å². The summed E-state index contributed by atoms with van der Waals surface area (Å²) in [4.78, 5) is 0. The van der Waals surface area contributed by atoms with Crippen LogP contribution in [0, 0.1) is 0 Å². The van der Waals surface area contributed by atoms with E-state index in [4.69, 9.17) is 4.74 Å². The Morgan fingerprint density at radius 1 is 1.05 bits per heavy atom. The second-order valence-electron chi connectivity index (χ2n) is 5.52. The zero-order valence-corrected chi connectivity index (χ0v) is 14.9. The van der Waals surface area contributed by atoms with Crippen LogP contribution in [0.3, 0.4) is 0 Å². The average molecular weight is 353 g/mol. The fraction of sp³-hybridized carbons (Fsp3) is 0.579. The molecule has 0 bridgehead atoms. The van der Waals surface area contributed by atoms with Gasteiger partial charge in [0.15, 0.2) is 0 Å². The molecule has 1 rings (SSSR count). The number of hydrogen-bond acceptors (Lipinski definition) is 1. The van der Waals surface area contributed by atoms with Crippen LogP contribution < -0.4 is 0 Å². The van der Waals surface area contributed by atoms with Crippen LogP contribution in [-0.2, 0) is 4.74 Å². The van der Waals surface area contributed by atoms with Gasteiger partial charge in [0.2, 0.25) is 0 Å². The molecule has 0 spiro atoms. The SMILES string of the molecule is C=CC(OC(Br)CCCCCCCCC)c1ccccc1. The van der Waals surface area contributed by atoms with E-state index in [1.807, 2.05) is 24.3 Å². The molecular formula is C19H29BrO. The molecular weight excluding hydrogens is 324 g/mol. The van der Waals surface area contributed by atoms with Gasteiger partial charge in [0.05, 0.1) is 0 Å². The number of rotatable bonds is 12. The first-order valence-electron chi connectivity index (χ1n) is 8.25. The molecule has 1 aromatic rings. The van der Waals surface area contributed by atoms with Crippen LogP contribution in [0.25, 0.3) is 0 Å². The van der Waals surface area contributed by atoms with E-state index < -0.39 is 0 Å². The second-order valence-corrected chi connectivity index (χ2v) is 6.54. The maximum absolute atomic E-state index is 6.03. The third-order valence-corrected chi connectivity index (χ3v) is 4.34. The van der Waals surface area contributed by atoms with E-state index in [0.717, 1.165) is 12.0 Å². The van der Waals surface area contributed by atoms with Gasteiger partial charge >= 0.3 is 0 Å². The van der Waals surface area contributed by atoms with Crippen molar-refractivity contribution in [3.63, 3.8) is 0 Å². The van der Waals surface area contributed by atoms with E-state index in [2.05, 4.69) is 41.6 Å². The monoisotopic (exact) mass is 352 g/mol. The Bertz CT molecular complexity index is 363. The number of alkyl halides is 1. The molecule has 1 aromatic carbocycles. The van der Waals surface area contributed by atoms with Gasteiger partial charge in [-0.05, 0) is 18.4 Å². The summed E-state index contributed by atoms with van der Waals surface area (Å²) < 4.78 is 6.03. The van der Waals surface area contributed by atoms with Crippen LogP contribution in [0.2, 0.25) is 0 Å². The number of unbranched alkanes of at least 4 members (excludes halogenated alkanes) is 6. The van der Waals surface area contributed by atoms with Gasteiger partial charge in [0.25, 0.3) is 0 Å². The molecule has 0 aliphatic rings. The molecule has 0 saturated heterocycles. The first-order valence-corrected chi connectivity index (χ1v) is 9.16. The van der Waals surface area contributed by atoms with E-state index >= 15 is 0 Å². The normalized spacial score (nSPS) is 13.8. The average Bonchev–Trinajstić information content (AvgIpc) is 2.52. The molecule has 2 atom stereocenters. The molecule has 1 nitrogen and oxygen atoms in total. The van der Waals surface area contributed by atoms with Crippen molar-refractivity contribution in [1.82, 2.24) is 0 Å². The highest BCUT2D eigenvalue weighted by molar-refractivity contribution is 9.09. The van der Waals surface area contributed by atoms with Crippen molar-refractivity contribution in [1.29, 1.82) is 0 Å². The topological polar surface area (TPSA) is 9.23 Å². The predicted octanol–water partition coefficient (Wildman–Crippen LogP) is 6.79. The smallest absolute Gasteiger partial charge is 0.113 e. The Hall–Kier alpha value is -0.600. The number of hydrogen-bond donors (Lipinski definition) is 0. The number of halogens is 1. The Morgan fingerprint density at radius 2 is 1.67 bits per heavy atom. The minimum atomic E-state index is -0.0277. The summed E-state index contributed by atoms with van der Waals surface area (Å²) in [5.74, 6) is 0. The molecule has 2 unspecified atom stereocenters. The van der Waals surface area contributed by atoms with Crippen molar-refractivity contribution in [3.05, 3.63) is 48.6 Å². The minimum Gasteiger partial charge on any atom is -0.355 e. The van der Waals surface area contributed by atoms with E-state index in [-0.39, 0.29) is 11.1 Å². The summed E-state index contributed by atoms with van der Waals surface area (Å²) in [6, 6.07) is 10.3. The predicted molar refractivity (Wildman–Crippen MR) is 95.8 cm³/mol. The standard InChI is InChI=1S/C19H29BrO/c1-3-5-6-7-8-9-13-16-19(20)21-18(4-2)17-14-11-10-12-15-17/h4,10-12,14-15,18-19H,2-3,5-9,13,16H2,1H3. The van der Waals surface area contributed by atoms with Gasteiger partial charge in [-0.2, -0.15) is 0 Å². The van der Waals surface area contributed by atoms with Gasteiger partial charge in [0, 0.05) is 0 Å². The summed E-state index contributed by atoms with van der Waals surface area (Å²) in [5, 5.41) is 0.108. The Morgan fingerprint density at radius 3 is 2.29 bits per heavy atom. The third kappa shape index (κ3) is 8.43. The lowest BCUT2D eigenvalue weighted by Gasteiger charge is -2.19. The van der Waals surface area contributed by atoms with Crippen molar-refractivity contribution in [3.8, 4) is 0 Å². The van der Waals surface area contributed by atoms with Crippen LogP contribution in [0.1, 0.15) is 70.0 Å². The largest absolute Gasteiger partial charge is 0.355 e. The lowest BCUT2D eigenvalue weighted by molar-refractivity contribution is 0.0636. The van der Waals surface area contributed by atoms with Crippen molar-refractivity contribution in [2.75, 3.05) is 0 Å². The quantitative estimate of drug-likeness (QED) is 0.228. The van der Waals surface area contributed by atoms with Crippen LogP contribution in [0.5, 0.6) is 0 Å². The summed E-state index contributed by atoms with van der Waals surface area (Å²) >= 11 is 3.64. The van der Waals surface area contributed by atoms with Gasteiger partial charge in [0.1, 0.15) is 11.1 Å². The first kappa shape index (κ1) is 18.4. The molecule has 118 valence electrons. The van der Waals surface area contributed by atoms with Gasteiger partial charge in [-0.1, -0.05) is 97.8 Å². The highest BCUT2D eigenvalue weighted by Crippen LogP contribution is 2.24. The summed E-state index contributed by atoms with van der Waals surface area (Å²) in [5.41, 5.74) is 1.16. The van der Waals surface area contributed by atoms with Crippen molar-refractivity contribution >= 4 is 15.9 Å². The highest BCUT2D eigenvalue weighted by atomic mass is 79.9. The molecule has 0 heterocycles. The van der Waals surface area contributed by atoms with Gasteiger partial charge in [-0.25, -0.2) is 0 Å². The molecule has 0 radical (unpaired) electrons. The van der Waals surface area contributed by atoms with Gasteiger partial charge in [-0.15, -0.1) is 6.58 Å². The van der Waals surface area contributed by atoms with Gasteiger partial charge < -0.3 is 4.74 Å². The maximum Gasteiger partial charge on any atom is 0.113 e. The molecule has 21 heavy (non-hydrogen) atoms. The first-order chi connectivity index (χ1) is 10.3. The number of ether oxygens (including phenoxy) is 1. The second kappa shape index (κ2) is 12.0. The van der Waals surface area contributed by atoms with Crippen molar-refractivity contribution < 1.29 is 4.74 Å². The molecule has 0 aliphatic carbocycles. The lowest BCUT2D eigenvalue weighted by Crippen LogP contribution is -2.09. The summed E-state index contributed by atoms with van der Waals surface area (Å²) in [7, 11) is 0. The van der Waals surface area contributed by atoms with Crippen LogP contribution >= 0.6 is 15.9 Å². The van der Waals surface area contributed by atoms with Crippen LogP contribution in [-0.4, -0.2) is 5.01 Å². The molecule has 0 aliphatic heterocycles. The van der Waals surface area contributed by atoms with Crippen LogP contribution in [0.15, 0.2) is 43.0 Å². The van der Waals surface area contributed by atoms with Crippen LogP contribution in [0.4, 0.5) is 0 Å². The molecule has 0 N–H and O–H groups in total. The molecule has 0 amide bonds. The molecule has 0 fully saturated rings. The Kier molecular flexibility index (Phi) is 10.5. The zero-order chi connectivity index (χ0) is 15.3. The van der Waals surface area contributed by atoms with E-state index in [1.165, 1.54) is 44.9 Å². The summed E-state index contributed by atoms with van der Waals surface area (Å²) in [6.07, 6.45) is 12.2.